The normalized spacial score (nSPS) is 11.8. The van der Waals surface area contributed by atoms with Gasteiger partial charge in [-0.1, -0.05) is 13.8 Å². The first kappa shape index (κ1) is 16.3. The molecule has 20 heavy (non-hydrogen) atoms. The van der Waals surface area contributed by atoms with Gasteiger partial charge >= 0.3 is 0 Å². The average molecular weight is 279 g/mol. The van der Waals surface area contributed by atoms with E-state index in [1.165, 1.54) is 0 Å². The number of rotatable bonds is 7. The lowest BCUT2D eigenvalue weighted by Crippen LogP contribution is -2.19. The zero-order chi connectivity index (χ0) is 15.1. The van der Waals surface area contributed by atoms with Crippen LogP contribution in [0, 0.1) is 12.8 Å². The Morgan fingerprint density at radius 1 is 1.20 bits per heavy atom. The van der Waals surface area contributed by atoms with Gasteiger partial charge in [-0.05, 0) is 38.8 Å². The number of carbonyl (C=O) groups is 1. The van der Waals surface area contributed by atoms with E-state index in [0.29, 0.717) is 19.0 Å². The van der Waals surface area contributed by atoms with Crippen LogP contribution >= 0.6 is 0 Å². The number of hydrogen-bond acceptors (Lipinski definition) is 3. The molecule has 0 fully saturated rings. The Morgan fingerprint density at radius 3 is 2.40 bits per heavy atom. The highest BCUT2D eigenvalue weighted by Crippen LogP contribution is 2.34. The average Bonchev–Trinajstić information content (AvgIpc) is 2.42. The number of amides is 1. The molecule has 0 aromatic heterocycles. The quantitative estimate of drug-likeness (QED) is 0.826. The molecule has 1 aromatic rings. The number of ether oxygens (including phenoxy) is 2. The van der Waals surface area contributed by atoms with Crippen LogP contribution in [-0.2, 0) is 4.79 Å². The standard InChI is InChI=1S/C16H25NO3/c1-6-11(4)16(18)17-13-9-12(5)15(20-8-3)14(10-13)19-7-2/h9-11H,6-8H2,1-5H3,(H,17,18). The Morgan fingerprint density at radius 2 is 1.85 bits per heavy atom. The molecule has 1 amide bonds. The van der Waals surface area contributed by atoms with Crippen molar-refractivity contribution in [1.29, 1.82) is 0 Å². The molecule has 4 nitrogen and oxygen atoms in total. The van der Waals surface area contributed by atoms with Gasteiger partial charge in [-0.25, -0.2) is 0 Å². The van der Waals surface area contributed by atoms with Crippen molar-refractivity contribution >= 4 is 11.6 Å². The van der Waals surface area contributed by atoms with E-state index in [4.69, 9.17) is 9.47 Å². The molecule has 0 saturated carbocycles. The summed E-state index contributed by atoms with van der Waals surface area (Å²) in [5, 5.41) is 2.93. The highest BCUT2D eigenvalue weighted by Gasteiger charge is 2.14. The predicted octanol–water partition coefficient (Wildman–Crippen LogP) is 3.78. The maximum absolute atomic E-state index is 12.0. The predicted molar refractivity (Wildman–Crippen MR) is 81.6 cm³/mol. The van der Waals surface area contributed by atoms with Crippen molar-refractivity contribution in [2.45, 2.75) is 41.0 Å². The molecule has 0 saturated heterocycles. The van der Waals surface area contributed by atoms with Gasteiger partial charge in [-0.3, -0.25) is 4.79 Å². The second kappa shape index (κ2) is 7.78. The third-order valence-electron chi connectivity index (χ3n) is 3.16. The van der Waals surface area contributed by atoms with Crippen LogP contribution in [0.2, 0.25) is 0 Å². The van der Waals surface area contributed by atoms with Crippen molar-refractivity contribution < 1.29 is 14.3 Å². The van der Waals surface area contributed by atoms with E-state index in [0.717, 1.165) is 23.4 Å². The SMILES string of the molecule is CCOc1cc(NC(=O)C(C)CC)cc(C)c1OCC. The molecular formula is C16H25NO3. The van der Waals surface area contributed by atoms with Crippen LogP contribution < -0.4 is 14.8 Å². The second-order valence-corrected chi connectivity index (χ2v) is 4.78. The number of hydrogen-bond donors (Lipinski definition) is 1. The van der Waals surface area contributed by atoms with Crippen molar-refractivity contribution in [3.63, 3.8) is 0 Å². The van der Waals surface area contributed by atoms with Gasteiger partial charge < -0.3 is 14.8 Å². The molecular weight excluding hydrogens is 254 g/mol. The van der Waals surface area contributed by atoms with Gasteiger partial charge in [0, 0.05) is 17.7 Å². The van der Waals surface area contributed by atoms with Gasteiger partial charge in [0.1, 0.15) is 0 Å². The third kappa shape index (κ3) is 4.15. The summed E-state index contributed by atoms with van der Waals surface area (Å²) >= 11 is 0. The van der Waals surface area contributed by atoms with Gasteiger partial charge in [-0.15, -0.1) is 0 Å². The van der Waals surface area contributed by atoms with Gasteiger partial charge in [0.05, 0.1) is 13.2 Å². The Hall–Kier alpha value is -1.71. The van der Waals surface area contributed by atoms with E-state index in [9.17, 15) is 4.79 Å². The number of benzene rings is 1. The van der Waals surface area contributed by atoms with E-state index >= 15 is 0 Å². The van der Waals surface area contributed by atoms with Gasteiger partial charge in [0.15, 0.2) is 11.5 Å². The van der Waals surface area contributed by atoms with Crippen molar-refractivity contribution in [3.8, 4) is 11.5 Å². The van der Waals surface area contributed by atoms with E-state index in [2.05, 4.69) is 5.32 Å². The van der Waals surface area contributed by atoms with Crippen LogP contribution in [0.5, 0.6) is 11.5 Å². The molecule has 1 N–H and O–H groups in total. The zero-order valence-corrected chi connectivity index (χ0v) is 13.1. The summed E-state index contributed by atoms with van der Waals surface area (Å²) in [6.45, 7) is 10.9. The summed E-state index contributed by atoms with van der Waals surface area (Å²) in [6.07, 6.45) is 0.820. The third-order valence-corrected chi connectivity index (χ3v) is 3.16. The molecule has 0 heterocycles. The lowest BCUT2D eigenvalue weighted by molar-refractivity contribution is -0.119. The summed E-state index contributed by atoms with van der Waals surface area (Å²) in [6, 6.07) is 3.73. The first-order valence-corrected chi connectivity index (χ1v) is 7.24. The molecule has 1 aromatic carbocycles. The smallest absolute Gasteiger partial charge is 0.227 e. The Kier molecular flexibility index (Phi) is 6.36. The number of nitrogens with one attached hydrogen (secondary N) is 1. The first-order chi connectivity index (χ1) is 9.53. The van der Waals surface area contributed by atoms with E-state index in [1.54, 1.807) is 0 Å². The molecule has 0 aliphatic heterocycles. The Balaban J connectivity index is 3.01. The summed E-state index contributed by atoms with van der Waals surface area (Å²) in [7, 11) is 0. The molecule has 0 aliphatic rings. The van der Waals surface area contributed by atoms with Crippen molar-refractivity contribution in [1.82, 2.24) is 0 Å². The van der Waals surface area contributed by atoms with Gasteiger partial charge in [-0.2, -0.15) is 0 Å². The lowest BCUT2D eigenvalue weighted by Gasteiger charge is -2.16. The molecule has 1 unspecified atom stereocenters. The minimum absolute atomic E-state index is 0.00239. The van der Waals surface area contributed by atoms with Crippen molar-refractivity contribution in [3.05, 3.63) is 17.7 Å². The summed E-state index contributed by atoms with van der Waals surface area (Å²) < 4.78 is 11.2. The Labute approximate surface area is 121 Å². The van der Waals surface area contributed by atoms with Crippen LogP contribution in [0.4, 0.5) is 5.69 Å². The first-order valence-electron chi connectivity index (χ1n) is 7.24. The van der Waals surface area contributed by atoms with E-state index in [1.807, 2.05) is 46.8 Å². The molecule has 0 bridgehead atoms. The molecule has 4 heteroatoms. The van der Waals surface area contributed by atoms with Crippen LogP contribution in [0.15, 0.2) is 12.1 Å². The second-order valence-electron chi connectivity index (χ2n) is 4.78. The van der Waals surface area contributed by atoms with Gasteiger partial charge in [0.2, 0.25) is 5.91 Å². The minimum Gasteiger partial charge on any atom is -0.490 e. The topological polar surface area (TPSA) is 47.6 Å². The minimum atomic E-state index is -0.00239. The molecule has 0 radical (unpaired) electrons. The van der Waals surface area contributed by atoms with Crippen LogP contribution in [0.3, 0.4) is 0 Å². The highest BCUT2D eigenvalue weighted by molar-refractivity contribution is 5.92. The summed E-state index contributed by atoms with van der Waals surface area (Å²) in [5.41, 5.74) is 1.71. The van der Waals surface area contributed by atoms with Gasteiger partial charge in [0.25, 0.3) is 0 Å². The molecule has 0 aliphatic carbocycles. The van der Waals surface area contributed by atoms with E-state index in [-0.39, 0.29) is 11.8 Å². The van der Waals surface area contributed by atoms with Crippen LogP contribution in [0.25, 0.3) is 0 Å². The summed E-state index contributed by atoms with van der Waals surface area (Å²) in [5.74, 6) is 1.45. The zero-order valence-electron chi connectivity index (χ0n) is 13.1. The van der Waals surface area contributed by atoms with Crippen molar-refractivity contribution in [2.24, 2.45) is 5.92 Å². The Bertz CT molecular complexity index is 457. The molecule has 112 valence electrons. The number of carbonyl (C=O) groups excluding carboxylic acids is 1. The fourth-order valence-electron chi connectivity index (χ4n) is 1.86. The van der Waals surface area contributed by atoms with Crippen LogP contribution in [0.1, 0.15) is 39.7 Å². The number of aryl methyl sites for hydroxylation is 1. The van der Waals surface area contributed by atoms with Crippen LogP contribution in [-0.4, -0.2) is 19.1 Å². The lowest BCUT2D eigenvalue weighted by atomic mass is 10.1. The largest absolute Gasteiger partial charge is 0.490 e. The number of anilines is 1. The molecule has 0 spiro atoms. The summed E-state index contributed by atoms with van der Waals surface area (Å²) in [4.78, 5) is 12.0. The molecule has 1 rings (SSSR count). The monoisotopic (exact) mass is 279 g/mol. The highest BCUT2D eigenvalue weighted by atomic mass is 16.5. The van der Waals surface area contributed by atoms with E-state index < -0.39 is 0 Å². The fourth-order valence-corrected chi connectivity index (χ4v) is 1.86. The maximum Gasteiger partial charge on any atom is 0.227 e. The van der Waals surface area contributed by atoms with Crippen molar-refractivity contribution in [2.75, 3.05) is 18.5 Å². The fraction of sp³-hybridized carbons (Fsp3) is 0.562. The molecule has 1 atom stereocenters. The maximum atomic E-state index is 12.0.